The van der Waals surface area contributed by atoms with Gasteiger partial charge >= 0.3 is 0 Å². The Morgan fingerprint density at radius 1 is 1.15 bits per heavy atom. The van der Waals surface area contributed by atoms with Crippen LogP contribution in [0.4, 0.5) is 0 Å². The fourth-order valence-corrected chi connectivity index (χ4v) is 8.96. The second kappa shape index (κ2) is 9.99. The molecule has 1 saturated heterocycles. The number of rotatable bonds is 6. The zero-order valence-electron chi connectivity index (χ0n) is 22.3. The average Bonchev–Trinajstić information content (AvgIpc) is 3.49. The number of likely N-dealkylation sites (N-methyl/N-ethyl adjacent to an activating group) is 1. The number of benzene rings is 2. The second-order valence-corrected chi connectivity index (χ2v) is 12.9. The van der Waals surface area contributed by atoms with E-state index in [9.17, 15) is 13.2 Å². The van der Waals surface area contributed by atoms with Gasteiger partial charge in [-0.25, -0.2) is 8.42 Å². The van der Waals surface area contributed by atoms with Crippen LogP contribution >= 0.6 is 0 Å². The third-order valence-corrected chi connectivity index (χ3v) is 11.2. The second-order valence-electron chi connectivity index (χ2n) is 11.0. The molecule has 1 aliphatic heterocycles. The zero-order chi connectivity index (χ0) is 27.2. The maximum atomic E-state index is 13.8. The summed E-state index contributed by atoms with van der Waals surface area (Å²) in [6.07, 6.45) is 10.5. The van der Waals surface area contributed by atoms with E-state index in [0.717, 1.165) is 30.6 Å². The molecule has 204 valence electrons. The number of hydrogen-bond acceptors (Lipinski definition) is 5. The third-order valence-electron chi connectivity index (χ3n) is 9.22. The lowest BCUT2D eigenvalue weighted by atomic mass is 9.52. The van der Waals surface area contributed by atoms with Crippen molar-refractivity contribution in [2.75, 3.05) is 20.7 Å². The summed E-state index contributed by atoms with van der Waals surface area (Å²) in [4.78, 5) is 15.4. The molecular weight excluding hydrogens is 512 g/mol. The van der Waals surface area contributed by atoms with E-state index < -0.39 is 10.0 Å². The molecule has 2 aliphatic carbocycles. The number of hydrogen-bond donors (Lipinski definition) is 0. The van der Waals surface area contributed by atoms with Crippen LogP contribution in [-0.2, 0) is 26.7 Å². The summed E-state index contributed by atoms with van der Waals surface area (Å²) in [5.41, 5.74) is 3.07. The molecule has 2 bridgehead atoms. The summed E-state index contributed by atoms with van der Waals surface area (Å²) in [6, 6.07) is 16.8. The molecule has 3 aromatic rings. The molecule has 2 aromatic carbocycles. The maximum Gasteiger partial charge on any atom is 0.246 e. The van der Waals surface area contributed by atoms with Gasteiger partial charge in [0.15, 0.2) is 0 Å². The number of piperidine rings is 1. The van der Waals surface area contributed by atoms with Gasteiger partial charge in [-0.05, 0) is 85.6 Å². The molecule has 1 aromatic heterocycles. The summed E-state index contributed by atoms with van der Waals surface area (Å²) < 4.78 is 40.2. The molecule has 2 heterocycles. The Hall–Kier alpha value is -3.36. The van der Waals surface area contributed by atoms with Gasteiger partial charge in [0.1, 0.15) is 5.75 Å². The van der Waals surface area contributed by atoms with Crippen LogP contribution in [0.2, 0.25) is 0 Å². The van der Waals surface area contributed by atoms with Crippen molar-refractivity contribution >= 4 is 22.0 Å². The van der Waals surface area contributed by atoms with Crippen LogP contribution in [0.5, 0.6) is 5.75 Å². The van der Waals surface area contributed by atoms with Gasteiger partial charge in [0, 0.05) is 42.7 Å². The highest BCUT2D eigenvalue weighted by atomic mass is 32.2. The van der Waals surface area contributed by atoms with Gasteiger partial charge in [0.25, 0.3) is 0 Å². The first-order chi connectivity index (χ1) is 18.8. The number of ether oxygens (including phenoxy) is 1. The number of amides is 1. The lowest BCUT2D eigenvalue weighted by Crippen LogP contribution is -2.64. The number of furan rings is 1. The number of carbonyl (C=O) groups excluding carboxylic acids is 1. The predicted octanol–water partition coefficient (Wildman–Crippen LogP) is 4.89. The fourth-order valence-electron chi connectivity index (χ4n) is 7.28. The molecule has 0 N–H and O–H groups in total. The van der Waals surface area contributed by atoms with E-state index in [2.05, 4.69) is 12.1 Å². The van der Waals surface area contributed by atoms with Crippen molar-refractivity contribution in [3.63, 3.8) is 0 Å². The van der Waals surface area contributed by atoms with Crippen LogP contribution < -0.4 is 4.74 Å². The summed E-state index contributed by atoms with van der Waals surface area (Å²) in [7, 11) is -0.0660. The Morgan fingerprint density at radius 3 is 2.72 bits per heavy atom. The van der Waals surface area contributed by atoms with E-state index in [1.807, 2.05) is 30.1 Å². The van der Waals surface area contributed by atoms with Gasteiger partial charge in [-0.15, -0.1) is 0 Å². The van der Waals surface area contributed by atoms with Crippen molar-refractivity contribution in [1.29, 1.82) is 0 Å². The van der Waals surface area contributed by atoms with Gasteiger partial charge in [0.2, 0.25) is 15.9 Å². The Kier molecular flexibility index (Phi) is 6.63. The van der Waals surface area contributed by atoms with E-state index in [1.165, 1.54) is 11.1 Å². The van der Waals surface area contributed by atoms with Crippen LogP contribution in [0.15, 0.2) is 82.5 Å². The third kappa shape index (κ3) is 4.39. The smallest absolute Gasteiger partial charge is 0.246 e. The van der Waals surface area contributed by atoms with Gasteiger partial charge in [-0.3, -0.25) is 4.79 Å². The molecule has 7 nitrogen and oxygen atoms in total. The number of carbonyl (C=O) groups is 1. The monoisotopic (exact) mass is 546 g/mol. The SMILES string of the molecule is COc1ccc2c(c1)[C@]13CCN(S(=O)(=O)c4ccccc4)[C@H](C2)[C@@H]1CC[C@H](N(C)C(=O)/C=C/c1ccoc1)C3. The quantitative estimate of drug-likeness (QED) is 0.412. The van der Waals surface area contributed by atoms with Gasteiger partial charge in [0.05, 0.1) is 24.5 Å². The highest BCUT2D eigenvalue weighted by molar-refractivity contribution is 7.89. The molecule has 2 fully saturated rings. The molecule has 0 unspecified atom stereocenters. The first-order valence-electron chi connectivity index (χ1n) is 13.5. The molecule has 1 amide bonds. The van der Waals surface area contributed by atoms with Crippen LogP contribution in [-0.4, -0.2) is 56.3 Å². The summed E-state index contributed by atoms with van der Waals surface area (Å²) in [6.45, 7) is 0.458. The van der Waals surface area contributed by atoms with E-state index in [1.54, 1.807) is 60.4 Å². The van der Waals surface area contributed by atoms with Gasteiger partial charge in [-0.2, -0.15) is 4.31 Å². The average molecular weight is 547 g/mol. The summed E-state index contributed by atoms with van der Waals surface area (Å²) in [5, 5.41) is 0. The molecule has 0 radical (unpaired) electrons. The first kappa shape index (κ1) is 25.9. The van der Waals surface area contributed by atoms with E-state index >= 15 is 0 Å². The van der Waals surface area contributed by atoms with E-state index in [0.29, 0.717) is 24.3 Å². The van der Waals surface area contributed by atoms with E-state index in [-0.39, 0.29) is 29.3 Å². The lowest BCUT2D eigenvalue weighted by molar-refractivity contribution is -0.128. The number of fused-ring (bicyclic) bond motifs is 1. The normalized spacial score (nSPS) is 26.6. The van der Waals surface area contributed by atoms with Crippen molar-refractivity contribution in [1.82, 2.24) is 9.21 Å². The minimum absolute atomic E-state index is 0.0432. The fraction of sp³-hybridized carbons (Fsp3) is 0.387. The number of sulfonamides is 1. The molecule has 39 heavy (non-hydrogen) atoms. The zero-order valence-corrected chi connectivity index (χ0v) is 23.1. The highest BCUT2D eigenvalue weighted by Gasteiger charge is 2.58. The first-order valence-corrected chi connectivity index (χ1v) is 15.0. The predicted molar refractivity (Wildman–Crippen MR) is 149 cm³/mol. The van der Waals surface area contributed by atoms with Crippen molar-refractivity contribution in [3.8, 4) is 5.75 Å². The molecule has 0 spiro atoms. The summed E-state index contributed by atoms with van der Waals surface area (Å²) in [5.74, 6) is 0.943. The van der Waals surface area contributed by atoms with Gasteiger partial charge < -0.3 is 14.1 Å². The standard InChI is InChI=1S/C31H34N2O5S/c1-32(30(34)13-8-22-14-17-38-21-22)24-10-12-27-29-18-23-9-11-25(37-2)19-28(23)31(27,20-24)15-16-33(29)39(35,36)26-6-4-3-5-7-26/h3-9,11,13-14,17,19,21,24,27,29H,10,12,15-16,18,20H2,1-2H3/b13-8+/t24-,27-,29+,31-/m0/s1. The Bertz CT molecular complexity index is 1480. The Balaban J connectivity index is 1.35. The summed E-state index contributed by atoms with van der Waals surface area (Å²) >= 11 is 0. The molecule has 6 rings (SSSR count). The van der Waals surface area contributed by atoms with Crippen LogP contribution in [0, 0.1) is 5.92 Å². The highest BCUT2D eigenvalue weighted by Crippen LogP contribution is 2.57. The molecule has 4 atom stereocenters. The number of methoxy groups -OCH3 is 1. The van der Waals surface area contributed by atoms with Crippen molar-refractivity contribution in [2.45, 2.75) is 54.5 Å². The van der Waals surface area contributed by atoms with Crippen molar-refractivity contribution in [2.24, 2.45) is 5.92 Å². The van der Waals surface area contributed by atoms with Crippen LogP contribution in [0.25, 0.3) is 6.08 Å². The Labute approximate surface area is 230 Å². The molecule has 8 heteroatoms. The molecular formula is C31H34N2O5S. The van der Waals surface area contributed by atoms with Crippen molar-refractivity contribution < 1.29 is 22.4 Å². The van der Waals surface area contributed by atoms with Gasteiger partial charge in [-0.1, -0.05) is 24.3 Å². The number of nitrogens with zero attached hydrogens (tertiary/aromatic N) is 2. The molecule has 3 aliphatic rings. The topological polar surface area (TPSA) is 80.1 Å². The van der Waals surface area contributed by atoms with Crippen LogP contribution in [0.1, 0.15) is 42.4 Å². The van der Waals surface area contributed by atoms with Crippen molar-refractivity contribution in [3.05, 3.63) is 89.9 Å². The minimum Gasteiger partial charge on any atom is -0.497 e. The largest absolute Gasteiger partial charge is 0.497 e. The minimum atomic E-state index is -3.63. The van der Waals surface area contributed by atoms with E-state index in [4.69, 9.17) is 9.15 Å². The maximum absolute atomic E-state index is 13.8. The van der Waals surface area contributed by atoms with Crippen LogP contribution in [0.3, 0.4) is 0 Å². The lowest BCUT2D eigenvalue weighted by Gasteiger charge is -2.60. The Morgan fingerprint density at radius 2 is 1.97 bits per heavy atom. The molecule has 1 saturated carbocycles.